The second-order valence-electron chi connectivity index (χ2n) is 5.02. The Labute approximate surface area is 120 Å². The summed E-state index contributed by atoms with van der Waals surface area (Å²) in [5, 5.41) is 9.74. The molecule has 7 nitrogen and oxygen atoms in total. The van der Waals surface area contributed by atoms with Gasteiger partial charge in [0.2, 0.25) is 0 Å². The third-order valence-electron chi connectivity index (χ3n) is 3.76. The zero-order chi connectivity index (χ0) is 14.8. The van der Waals surface area contributed by atoms with E-state index in [0.717, 1.165) is 13.1 Å². The molecule has 21 heavy (non-hydrogen) atoms. The van der Waals surface area contributed by atoms with E-state index >= 15 is 0 Å². The van der Waals surface area contributed by atoms with Crippen molar-refractivity contribution in [2.24, 2.45) is 0 Å². The highest BCUT2D eigenvalue weighted by Gasteiger charge is 2.14. The maximum atomic E-state index is 12.1. The van der Waals surface area contributed by atoms with E-state index in [1.54, 1.807) is 24.3 Å². The Morgan fingerprint density at radius 1 is 1.00 bits per heavy atom. The van der Waals surface area contributed by atoms with Gasteiger partial charge in [0, 0.05) is 26.2 Å². The molecule has 1 aliphatic rings. The molecule has 0 bridgehead atoms. The van der Waals surface area contributed by atoms with Crippen LogP contribution in [0.15, 0.2) is 33.9 Å². The minimum Gasteiger partial charge on any atom is -0.425 e. The van der Waals surface area contributed by atoms with Gasteiger partial charge in [0.1, 0.15) is 5.52 Å². The normalized spacial score (nSPS) is 16.4. The van der Waals surface area contributed by atoms with Crippen molar-refractivity contribution in [2.45, 2.75) is 6.54 Å². The molecule has 1 N–H and O–H groups in total. The molecular formula is C14H17N3O4. The van der Waals surface area contributed by atoms with Gasteiger partial charge in [-0.25, -0.2) is 0 Å². The van der Waals surface area contributed by atoms with E-state index in [9.17, 15) is 14.8 Å². The largest absolute Gasteiger partial charge is 0.425 e. The summed E-state index contributed by atoms with van der Waals surface area (Å²) >= 11 is 0. The van der Waals surface area contributed by atoms with Gasteiger partial charge in [-0.05, 0) is 12.1 Å². The minimum atomic E-state index is -0.921. The van der Waals surface area contributed by atoms with Gasteiger partial charge >= 0.3 is 11.1 Å². The number of rotatable bonds is 3. The lowest BCUT2D eigenvalue weighted by molar-refractivity contribution is 0.0363. The third-order valence-corrected chi connectivity index (χ3v) is 3.76. The van der Waals surface area contributed by atoms with Crippen molar-refractivity contribution >= 4 is 11.0 Å². The molecule has 2 heterocycles. The predicted octanol–water partition coefficient (Wildman–Crippen LogP) is -0.267. The lowest BCUT2D eigenvalue weighted by Crippen LogP contribution is -2.44. The first-order chi connectivity index (χ1) is 10.2. The van der Waals surface area contributed by atoms with Crippen LogP contribution in [0.1, 0.15) is 0 Å². The van der Waals surface area contributed by atoms with Crippen LogP contribution >= 0.6 is 0 Å². The summed E-state index contributed by atoms with van der Waals surface area (Å²) in [5.41, 5.74) is -0.734. The predicted molar refractivity (Wildman–Crippen MR) is 76.9 cm³/mol. The molecule has 0 amide bonds. The van der Waals surface area contributed by atoms with Crippen LogP contribution < -0.4 is 11.1 Å². The lowest BCUT2D eigenvalue weighted by atomic mass is 10.3. The average molecular weight is 291 g/mol. The number of hydrogen-bond donors (Lipinski definition) is 1. The van der Waals surface area contributed by atoms with Crippen molar-refractivity contribution in [2.75, 3.05) is 32.8 Å². The standard InChI is InChI=1S/C14H17N3O4/c18-13-14(19)17(20)12-4-2-1-3-11(12)16(13)6-5-15-7-9-21-10-8-15/h1-4,20H,5-10H2. The molecule has 0 unspecified atom stereocenters. The van der Waals surface area contributed by atoms with Crippen molar-refractivity contribution in [1.82, 2.24) is 14.2 Å². The van der Waals surface area contributed by atoms with Crippen molar-refractivity contribution < 1.29 is 9.94 Å². The molecule has 1 aliphatic heterocycles. The van der Waals surface area contributed by atoms with Crippen LogP contribution in [-0.4, -0.2) is 52.3 Å². The third kappa shape index (κ3) is 2.57. The van der Waals surface area contributed by atoms with Crippen molar-refractivity contribution in [3.05, 3.63) is 45.0 Å². The number of nitrogens with zero attached hydrogens (tertiary/aromatic N) is 3. The highest BCUT2D eigenvalue weighted by Crippen LogP contribution is 2.09. The first-order valence-electron chi connectivity index (χ1n) is 6.92. The van der Waals surface area contributed by atoms with Crippen LogP contribution in [-0.2, 0) is 11.3 Å². The minimum absolute atomic E-state index is 0.337. The molecule has 112 valence electrons. The Morgan fingerprint density at radius 2 is 1.67 bits per heavy atom. The highest BCUT2D eigenvalue weighted by atomic mass is 16.5. The molecule has 1 saturated heterocycles. The maximum absolute atomic E-state index is 12.1. The number of hydrogen-bond acceptors (Lipinski definition) is 5. The van der Waals surface area contributed by atoms with Crippen molar-refractivity contribution in [3.63, 3.8) is 0 Å². The molecule has 2 aromatic rings. The number of morpholine rings is 1. The Hall–Kier alpha value is -2.12. The fourth-order valence-electron chi connectivity index (χ4n) is 2.58. The van der Waals surface area contributed by atoms with Crippen LogP contribution in [0.4, 0.5) is 0 Å². The zero-order valence-corrected chi connectivity index (χ0v) is 11.6. The van der Waals surface area contributed by atoms with Crippen LogP contribution in [0.3, 0.4) is 0 Å². The summed E-state index contributed by atoms with van der Waals surface area (Å²) in [7, 11) is 0. The molecule has 0 atom stereocenters. The average Bonchev–Trinajstić information content (AvgIpc) is 2.54. The number of aromatic nitrogens is 2. The molecule has 0 saturated carbocycles. The summed E-state index contributed by atoms with van der Waals surface area (Å²) < 4.78 is 7.13. The molecule has 1 aromatic carbocycles. The van der Waals surface area contributed by atoms with Gasteiger partial charge in [-0.2, -0.15) is 0 Å². The first-order valence-corrected chi connectivity index (χ1v) is 6.92. The maximum Gasteiger partial charge on any atom is 0.349 e. The summed E-state index contributed by atoms with van der Waals surface area (Å²) in [5.74, 6) is 0. The zero-order valence-electron chi connectivity index (χ0n) is 11.6. The fraction of sp³-hybridized carbons (Fsp3) is 0.429. The quantitative estimate of drug-likeness (QED) is 0.622. The van der Waals surface area contributed by atoms with Gasteiger partial charge in [-0.15, -0.1) is 4.73 Å². The second kappa shape index (κ2) is 5.71. The first kappa shape index (κ1) is 13.8. The monoisotopic (exact) mass is 291 g/mol. The van der Waals surface area contributed by atoms with E-state index in [1.165, 1.54) is 4.57 Å². The molecule has 3 rings (SSSR count). The molecule has 0 spiro atoms. The summed E-state index contributed by atoms with van der Waals surface area (Å²) in [6.07, 6.45) is 0. The van der Waals surface area contributed by atoms with E-state index in [0.29, 0.717) is 42.1 Å². The van der Waals surface area contributed by atoms with Gasteiger partial charge in [-0.1, -0.05) is 12.1 Å². The van der Waals surface area contributed by atoms with E-state index in [2.05, 4.69) is 4.90 Å². The number of benzene rings is 1. The Morgan fingerprint density at radius 3 is 2.38 bits per heavy atom. The Kier molecular flexibility index (Phi) is 3.76. The van der Waals surface area contributed by atoms with Gasteiger partial charge in [0.15, 0.2) is 0 Å². The van der Waals surface area contributed by atoms with Crippen molar-refractivity contribution in [3.8, 4) is 0 Å². The van der Waals surface area contributed by atoms with E-state index < -0.39 is 11.1 Å². The van der Waals surface area contributed by atoms with Gasteiger partial charge in [-0.3, -0.25) is 14.5 Å². The Balaban J connectivity index is 1.97. The van der Waals surface area contributed by atoms with Gasteiger partial charge in [0.05, 0.1) is 18.7 Å². The Bertz CT molecular complexity index is 759. The lowest BCUT2D eigenvalue weighted by Gasteiger charge is -2.26. The van der Waals surface area contributed by atoms with E-state index in [-0.39, 0.29) is 0 Å². The summed E-state index contributed by atoms with van der Waals surface area (Å²) in [4.78, 5) is 26.1. The molecule has 0 aliphatic carbocycles. The summed E-state index contributed by atoms with van der Waals surface area (Å²) in [6.45, 7) is 4.10. The van der Waals surface area contributed by atoms with E-state index in [4.69, 9.17) is 4.74 Å². The van der Waals surface area contributed by atoms with Crippen LogP contribution in [0.2, 0.25) is 0 Å². The number of ether oxygens (including phenoxy) is 1. The van der Waals surface area contributed by atoms with Crippen LogP contribution in [0.5, 0.6) is 0 Å². The molecule has 7 heteroatoms. The smallest absolute Gasteiger partial charge is 0.349 e. The van der Waals surface area contributed by atoms with E-state index in [1.807, 2.05) is 0 Å². The number of fused-ring (bicyclic) bond motifs is 1. The molecule has 0 radical (unpaired) electrons. The number of para-hydroxylation sites is 2. The SMILES string of the molecule is O=c1c(=O)n(CCN2CCOCC2)c2ccccc2n1O. The molecule has 1 aromatic heterocycles. The molecular weight excluding hydrogens is 274 g/mol. The molecule has 1 fully saturated rings. The van der Waals surface area contributed by atoms with Crippen LogP contribution in [0, 0.1) is 0 Å². The van der Waals surface area contributed by atoms with Gasteiger partial charge < -0.3 is 14.5 Å². The van der Waals surface area contributed by atoms with Gasteiger partial charge in [0.25, 0.3) is 0 Å². The summed E-state index contributed by atoms with van der Waals surface area (Å²) in [6, 6.07) is 6.83. The fourth-order valence-corrected chi connectivity index (χ4v) is 2.58. The van der Waals surface area contributed by atoms with Crippen molar-refractivity contribution in [1.29, 1.82) is 0 Å². The second-order valence-corrected chi connectivity index (χ2v) is 5.02. The van der Waals surface area contributed by atoms with Crippen LogP contribution in [0.25, 0.3) is 11.0 Å². The topological polar surface area (TPSA) is 76.7 Å². The highest BCUT2D eigenvalue weighted by molar-refractivity contribution is 5.74.